The lowest BCUT2D eigenvalue weighted by molar-refractivity contribution is -0.130. The summed E-state index contributed by atoms with van der Waals surface area (Å²) in [5.74, 6) is 1.23. The minimum Gasteiger partial charge on any atom is -0.382 e. The Kier molecular flexibility index (Phi) is 6.79. The molecule has 3 fully saturated rings. The second-order valence-electron chi connectivity index (χ2n) is 12.2. The molecule has 7 rings (SSSR count). The third-order valence-electron chi connectivity index (χ3n) is 8.73. The van der Waals surface area contributed by atoms with Crippen LogP contribution in [0, 0.1) is 29.1 Å². The number of rotatable bonds is 7. The molecule has 1 aliphatic carbocycles. The Hall–Kier alpha value is -4.08. The van der Waals surface area contributed by atoms with Crippen LogP contribution in [-0.4, -0.2) is 80.9 Å². The van der Waals surface area contributed by atoms with E-state index in [9.17, 15) is 10.1 Å². The molecule has 0 spiro atoms. The first-order valence-corrected chi connectivity index (χ1v) is 15.4. The molecule has 2 bridgehead atoms. The maximum absolute atomic E-state index is 12.8. The average Bonchev–Trinajstić information content (AvgIpc) is 3.66. The minimum absolute atomic E-state index is 0.135. The SMILES string of the molecule is CC(C)Nc1cc(-c2ccc3cc(C#N)cnn23)ncc1-c1nnc(N2CC3CCC(C2)C3NC(=O)C2CN(C)C2)s1. The predicted molar refractivity (Wildman–Crippen MR) is 162 cm³/mol. The van der Waals surface area contributed by atoms with Crippen LogP contribution in [0.2, 0.25) is 0 Å². The molecule has 2 unspecified atom stereocenters. The molecular weight excluding hydrogens is 548 g/mol. The van der Waals surface area contributed by atoms with E-state index in [-0.39, 0.29) is 23.9 Å². The number of nitriles is 1. The van der Waals surface area contributed by atoms with Crippen molar-refractivity contribution in [1.29, 1.82) is 5.26 Å². The van der Waals surface area contributed by atoms with Gasteiger partial charge >= 0.3 is 0 Å². The van der Waals surface area contributed by atoms with E-state index in [1.165, 1.54) is 0 Å². The van der Waals surface area contributed by atoms with Crippen LogP contribution >= 0.6 is 11.3 Å². The molecule has 42 heavy (non-hydrogen) atoms. The summed E-state index contributed by atoms with van der Waals surface area (Å²) in [5.41, 5.74) is 4.83. The topological polar surface area (TPSA) is 127 Å². The molecule has 3 aliphatic rings. The van der Waals surface area contributed by atoms with Crippen LogP contribution in [0.4, 0.5) is 10.8 Å². The Bertz CT molecular complexity index is 1670. The molecule has 2 aliphatic heterocycles. The lowest BCUT2D eigenvalue weighted by Gasteiger charge is -2.40. The van der Waals surface area contributed by atoms with Crippen molar-refractivity contribution in [2.45, 2.75) is 38.8 Å². The Balaban J connectivity index is 1.11. The number of nitrogens with zero attached hydrogens (tertiary/aromatic N) is 8. The first-order valence-electron chi connectivity index (χ1n) is 14.6. The molecule has 4 aromatic heterocycles. The van der Waals surface area contributed by atoms with Gasteiger partial charge in [-0.05, 0) is 69.8 Å². The summed E-state index contributed by atoms with van der Waals surface area (Å²) >= 11 is 1.59. The van der Waals surface area contributed by atoms with Crippen LogP contribution in [-0.2, 0) is 4.79 Å². The van der Waals surface area contributed by atoms with Gasteiger partial charge in [0.05, 0.1) is 40.1 Å². The van der Waals surface area contributed by atoms with Gasteiger partial charge in [-0.2, -0.15) is 10.4 Å². The third-order valence-corrected chi connectivity index (χ3v) is 9.75. The van der Waals surface area contributed by atoms with Crippen molar-refractivity contribution in [1.82, 2.24) is 35.0 Å². The van der Waals surface area contributed by atoms with Crippen molar-refractivity contribution in [3.63, 3.8) is 0 Å². The Morgan fingerprint density at radius 2 is 1.88 bits per heavy atom. The predicted octanol–water partition coefficient (Wildman–Crippen LogP) is 3.50. The van der Waals surface area contributed by atoms with Crippen molar-refractivity contribution >= 4 is 33.6 Å². The zero-order valence-electron chi connectivity index (χ0n) is 24.0. The Morgan fingerprint density at radius 1 is 1.10 bits per heavy atom. The van der Waals surface area contributed by atoms with Crippen LogP contribution in [0.3, 0.4) is 0 Å². The number of amides is 1. The summed E-state index contributed by atoms with van der Waals surface area (Å²) in [6, 6.07) is 10.4. The number of anilines is 2. The van der Waals surface area contributed by atoms with Gasteiger partial charge < -0.3 is 20.4 Å². The summed E-state index contributed by atoms with van der Waals surface area (Å²) in [6.45, 7) is 7.70. The summed E-state index contributed by atoms with van der Waals surface area (Å²) in [4.78, 5) is 22.1. The maximum atomic E-state index is 12.8. The van der Waals surface area contributed by atoms with Gasteiger partial charge in [0.15, 0.2) is 5.01 Å². The van der Waals surface area contributed by atoms with E-state index >= 15 is 0 Å². The Labute approximate surface area is 248 Å². The number of pyridine rings is 1. The van der Waals surface area contributed by atoms with E-state index in [1.54, 1.807) is 22.0 Å². The van der Waals surface area contributed by atoms with Crippen molar-refractivity contribution in [2.75, 3.05) is 43.4 Å². The quantitative estimate of drug-likeness (QED) is 0.337. The van der Waals surface area contributed by atoms with E-state index in [2.05, 4.69) is 62.7 Å². The van der Waals surface area contributed by atoms with E-state index < -0.39 is 0 Å². The van der Waals surface area contributed by atoms with Gasteiger partial charge in [0.2, 0.25) is 11.0 Å². The molecule has 6 heterocycles. The molecule has 0 radical (unpaired) electrons. The van der Waals surface area contributed by atoms with Crippen molar-refractivity contribution in [3.8, 4) is 28.0 Å². The minimum atomic E-state index is 0.135. The highest BCUT2D eigenvalue weighted by Crippen LogP contribution is 2.41. The smallest absolute Gasteiger partial charge is 0.225 e. The number of nitrogens with one attached hydrogen (secondary N) is 2. The number of carbonyl (C=O) groups excluding carboxylic acids is 1. The van der Waals surface area contributed by atoms with E-state index in [0.29, 0.717) is 17.4 Å². The molecule has 216 valence electrons. The van der Waals surface area contributed by atoms with Gasteiger partial charge in [-0.1, -0.05) is 11.3 Å². The zero-order chi connectivity index (χ0) is 29.0. The monoisotopic (exact) mass is 582 g/mol. The van der Waals surface area contributed by atoms with Crippen LogP contribution in [0.15, 0.2) is 36.7 Å². The highest BCUT2D eigenvalue weighted by molar-refractivity contribution is 7.18. The maximum Gasteiger partial charge on any atom is 0.225 e. The second kappa shape index (κ2) is 10.6. The van der Waals surface area contributed by atoms with Gasteiger partial charge in [-0.3, -0.25) is 9.78 Å². The lowest BCUT2D eigenvalue weighted by Crippen LogP contribution is -2.58. The molecule has 12 heteroatoms. The fourth-order valence-electron chi connectivity index (χ4n) is 6.66. The first-order chi connectivity index (χ1) is 20.4. The summed E-state index contributed by atoms with van der Waals surface area (Å²) < 4.78 is 1.80. The number of carbonyl (C=O) groups is 1. The molecular formula is C30H34N10OS. The van der Waals surface area contributed by atoms with Gasteiger partial charge in [-0.25, -0.2) is 4.52 Å². The summed E-state index contributed by atoms with van der Waals surface area (Å²) in [6.07, 6.45) is 5.70. The normalized spacial score (nSPS) is 22.4. The van der Waals surface area contributed by atoms with Crippen LogP contribution in [0.25, 0.3) is 27.5 Å². The number of hydrogen-bond acceptors (Lipinski definition) is 10. The standard InChI is InChI=1S/C30H34N10OS/c1-17(2)34-24-9-25(26-7-6-22-8-18(10-31)11-33-40(22)26)32-12-23(24)29-36-37-30(42-29)39-15-19-4-5-20(16-39)27(19)35-28(41)21-13-38(3)14-21/h6-9,11-12,17,19-21,27H,4-5,13-16H2,1-3H3,(H,32,34)(H,35,41). The van der Waals surface area contributed by atoms with Crippen LogP contribution in [0.5, 0.6) is 0 Å². The van der Waals surface area contributed by atoms with Crippen molar-refractivity contribution in [2.24, 2.45) is 17.8 Å². The molecule has 2 saturated heterocycles. The average molecular weight is 583 g/mol. The summed E-state index contributed by atoms with van der Waals surface area (Å²) in [5, 5.41) is 31.6. The molecule has 11 nitrogen and oxygen atoms in total. The van der Waals surface area contributed by atoms with Gasteiger partial charge in [0.25, 0.3) is 0 Å². The third kappa shape index (κ3) is 4.86. The molecule has 4 aromatic rings. The van der Waals surface area contributed by atoms with E-state index in [4.69, 9.17) is 4.98 Å². The molecule has 2 N–H and O–H groups in total. The number of aromatic nitrogens is 5. The first kappa shape index (κ1) is 26.8. The van der Waals surface area contributed by atoms with Gasteiger partial charge in [0.1, 0.15) is 6.07 Å². The van der Waals surface area contributed by atoms with Crippen molar-refractivity contribution < 1.29 is 4.79 Å². The van der Waals surface area contributed by atoms with Gasteiger partial charge in [-0.15, -0.1) is 10.2 Å². The molecule has 0 aromatic carbocycles. The highest BCUT2D eigenvalue weighted by atomic mass is 32.1. The van der Waals surface area contributed by atoms with Crippen molar-refractivity contribution in [3.05, 3.63) is 42.2 Å². The molecule has 1 amide bonds. The zero-order valence-corrected chi connectivity index (χ0v) is 24.8. The lowest BCUT2D eigenvalue weighted by atomic mass is 9.91. The van der Waals surface area contributed by atoms with E-state index in [0.717, 1.165) is 77.3 Å². The number of fused-ring (bicyclic) bond motifs is 3. The Morgan fingerprint density at radius 3 is 2.60 bits per heavy atom. The fraction of sp³-hybridized carbons (Fsp3) is 0.467. The number of hydrogen-bond donors (Lipinski definition) is 2. The van der Waals surface area contributed by atoms with Crippen LogP contribution in [0.1, 0.15) is 32.3 Å². The fourth-order valence-corrected chi connectivity index (χ4v) is 7.55. The largest absolute Gasteiger partial charge is 0.382 e. The number of likely N-dealkylation sites (tertiary alicyclic amines) is 1. The summed E-state index contributed by atoms with van der Waals surface area (Å²) in [7, 11) is 2.06. The van der Waals surface area contributed by atoms with Gasteiger partial charge in [0, 0.05) is 50.1 Å². The molecule has 1 saturated carbocycles. The number of piperidine rings is 1. The highest BCUT2D eigenvalue weighted by Gasteiger charge is 2.44. The van der Waals surface area contributed by atoms with E-state index in [1.807, 2.05) is 30.5 Å². The second-order valence-corrected chi connectivity index (χ2v) is 13.1. The van der Waals surface area contributed by atoms with Crippen LogP contribution < -0.4 is 15.5 Å². The molecule has 2 atom stereocenters.